The van der Waals surface area contributed by atoms with E-state index in [-0.39, 0.29) is 11.9 Å². The Hall–Kier alpha value is -2.54. The molecule has 7 heteroatoms. The van der Waals surface area contributed by atoms with Crippen molar-refractivity contribution >= 4 is 17.2 Å². The van der Waals surface area contributed by atoms with Crippen LogP contribution in [0.1, 0.15) is 38.5 Å². The molecule has 134 valence electrons. The molecule has 0 radical (unpaired) electrons. The summed E-state index contributed by atoms with van der Waals surface area (Å²) in [7, 11) is 0. The predicted octanol–water partition coefficient (Wildman–Crippen LogP) is 3.41. The molecule has 0 N–H and O–H groups in total. The number of pyridine rings is 1. The number of aryl methyl sites for hydroxylation is 3. The molecule has 1 saturated heterocycles. The number of likely N-dealkylation sites (tertiary alicyclic amines) is 1. The Labute approximate surface area is 156 Å². The summed E-state index contributed by atoms with van der Waals surface area (Å²) in [6.45, 7) is 7.36. The molecule has 1 fully saturated rings. The summed E-state index contributed by atoms with van der Waals surface area (Å²) in [6.07, 6.45) is 6.41. The summed E-state index contributed by atoms with van der Waals surface area (Å²) >= 11 is 1.48. The molecule has 4 rings (SSSR count). The molecule has 3 aromatic heterocycles. The normalized spacial score (nSPS) is 17.0. The van der Waals surface area contributed by atoms with Crippen LogP contribution in [0.2, 0.25) is 0 Å². The molecular formula is C19H21N5OS. The number of thiazole rings is 1. The van der Waals surface area contributed by atoms with Crippen LogP contribution in [0.15, 0.2) is 30.7 Å². The third-order valence-electron chi connectivity index (χ3n) is 4.82. The molecule has 0 aliphatic carbocycles. The summed E-state index contributed by atoms with van der Waals surface area (Å²) in [6, 6.07) is 4.17. The number of nitrogens with zero attached hydrogens (tertiary/aromatic N) is 5. The van der Waals surface area contributed by atoms with Crippen LogP contribution in [0.3, 0.4) is 0 Å². The van der Waals surface area contributed by atoms with Crippen molar-refractivity contribution < 1.29 is 4.79 Å². The molecule has 1 aliphatic rings. The number of carbonyl (C=O) groups is 1. The third-order valence-corrected chi connectivity index (χ3v) is 5.88. The highest BCUT2D eigenvalue weighted by Crippen LogP contribution is 2.31. The van der Waals surface area contributed by atoms with Crippen LogP contribution in [0.4, 0.5) is 0 Å². The molecule has 4 heterocycles. The van der Waals surface area contributed by atoms with Crippen molar-refractivity contribution in [2.75, 3.05) is 13.1 Å². The van der Waals surface area contributed by atoms with Crippen LogP contribution in [0.5, 0.6) is 0 Å². The average molecular weight is 367 g/mol. The molecule has 1 unspecified atom stereocenters. The lowest BCUT2D eigenvalue weighted by Crippen LogP contribution is -2.29. The summed E-state index contributed by atoms with van der Waals surface area (Å²) < 4.78 is 2.25. The number of hydrogen-bond donors (Lipinski definition) is 0. The smallest absolute Gasteiger partial charge is 0.265 e. The predicted molar refractivity (Wildman–Crippen MR) is 101 cm³/mol. The topological polar surface area (TPSA) is 63.9 Å². The maximum atomic E-state index is 12.9. The first-order valence-corrected chi connectivity index (χ1v) is 9.53. The van der Waals surface area contributed by atoms with Crippen molar-refractivity contribution in [3.63, 3.8) is 0 Å². The minimum atomic E-state index is 0.0938. The molecule has 1 aliphatic heterocycles. The molecule has 0 bridgehead atoms. The zero-order valence-corrected chi connectivity index (χ0v) is 16.0. The summed E-state index contributed by atoms with van der Waals surface area (Å²) in [5.41, 5.74) is 2.93. The molecule has 26 heavy (non-hydrogen) atoms. The second-order valence-corrected chi connectivity index (χ2v) is 7.88. The Bertz CT molecular complexity index is 946. The van der Waals surface area contributed by atoms with E-state index in [2.05, 4.69) is 26.4 Å². The molecule has 0 spiro atoms. The monoisotopic (exact) mass is 367 g/mol. The standard InChI is InChI=1S/C19H21N5OS/c1-12-9-21-18(15-5-4-7-20-10-15)24(12)16-6-8-23(11-16)19(25)17-13(2)22-14(3)26-17/h4-5,7,9-10,16H,6,8,11H2,1-3H3. The lowest BCUT2D eigenvalue weighted by molar-refractivity contribution is 0.0791. The van der Waals surface area contributed by atoms with Gasteiger partial charge in [0.1, 0.15) is 10.7 Å². The maximum absolute atomic E-state index is 12.9. The molecule has 1 amide bonds. The van der Waals surface area contributed by atoms with Gasteiger partial charge in [-0.1, -0.05) is 0 Å². The second-order valence-electron chi connectivity index (χ2n) is 6.68. The van der Waals surface area contributed by atoms with Crippen LogP contribution < -0.4 is 0 Å². The van der Waals surface area contributed by atoms with Gasteiger partial charge < -0.3 is 9.47 Å². The van der Waals surface area contributed by atoms with Crippen molar-refractivity contribution in [1.82, 2.24) is 24.4 Å². The number of rotatable bonds is 3. The molecule has 0 aromatic carbocycles. The first kappa shape index (κ1) is 16.9. The van der Waals surface area contributed by atoms with Crippen LogP contribution in [0, 0.1) is 20.8 Å². The van der Waals surface area contributed by atoms with E-state index in [1.54, 1.807) is 6.20 Å². The maximum Gasteiger partial charge on any atom is 0.265 e. The summed E-state index contributed by atoms with van der Waals surface area (Å²) in [5.74, 6) is 1.01. The van der Waals surface area contributed by atoms with Crippen LogP contribution >= 0.6 is 11.3 Å². The van der Waals surface area contributed by atoms with E-state index in [1.165, 1.54) is 11.3 Å². The Balaban J connectivity index is 1.59. The van der Waals surface area contributed by atoms with Crippen LogP contribution in [-0.2, 0) is 0 Å². The second kappa shape index (κ2) is 6.64. The van der Waals surface area contributed by atoms with Gasteiger partial charge in [0.2, 0.25) is 0 Å². The summed E-state index contributed by atoms with van der Waals surface area (Å²) in [5, 5.41) is 0.936. The van der Waals surface area contributed by atoms with Crippen LogP contribution in [-0.4, -0.2) is 43.4 Å². The van der Waals surface area contributed by atoms with Gasteiger partial charge in [0.25, 0.3) is 5.91 Å². The van der Waals surface area contributed by atoms with Crippen molar-refractivity contribution in [3.8, 4) is 11.4 Å². The highest BCUT2D eigenvalue weighted by Gasteiger charge is 2.31. The fourth-order valence-electron chi connectivity index (χ4n) is 3.63. The van der Waals surface area contributed by atoms with Gasteiger partial charge in [-0.2, -0.15) is 0 Å². The number of aromatic nitrogens is 4. The van der Waals surface area contributed by atoms with E-state index in [4.69, 9.17) is 0 Å². The first-order valence-electron chi connectivity index (χ1n) is 8.72. The first-order chi connectivity index (χ1) is 12.5. The zero-order chi connectivity index (χ0) is 18.3. The minimum absolute atomic E-state index is 0.0938. The van der Waals surface area contributed by atoms with Gasteiger partial charge >= 0.3 is 0 Å². The minimum Gasteiger partial charge on any atom is -0.336 e. The summed E-state index contributed by atoms with van der Waals surface area (Å²) in [4.78, 5) is 28.8. The number of hydrogen-bond acceptors (Lipinski definition) is 5. The Morgan fingerprint density at radius 2 is 2.12 bits per heavy atom. The van der Waals surface area contributed by atoms with Gasteiger partial charge in [-0.3, -0.25) is 9.78 Å². The average Bonchev–Trinajstić information content (AvgIpc) is 3.33. The van der Waals surface area contributed by atoms with E-state index in [1.807, 2.05) is 43.3 Å². The lowest BCUT2D eigenvalue weighted by atomic mass is 10.2. The molecule has 0 saturated carbocycles. The highest BCUT2D eigenvalue weighted by atomic mass is 32.1. The molecule has 6 nitrogen and oxygen atoms in total. The molecule has 1 atom stereocenters. The van der Waals surface area contributed by atoms with E-state index in [0.29, 0.717) is 6.54 Å². The van der Waals surface area contributed by atoms with E-state index in [0.717, 1.165) is 45.6 Å². The van der Waals surface area contributed by atoms with Crippen molar-refractivity contribution in [2.45, 2.75) is 33.2 Å². The number of carbonyl (C=O) groups excluding carboxylic acids is 1. The van der Waals surface area contributed by atoms with E-state index >= 15 is 0 Å². The number of imidazole rings is 1. The molecule has 3 aromatic rings. The van der Waals surface area contributed by atoms with Crippen molar-refractivity contribution in [3.05, 3.63) is 52.0 Å². The van der Waals surface area contributed by atoms with E-state index in [9.17, 15) is 4.79 Å². The van der Waals surface area contributed by atoms with Crippen molar-refractivity contribution in [1.29, 1.82) is 0 Å². The number of amides is 1. The Morgan fingerprint density at radius 3 is 2.81 bits per heavy atom. The zero-order valence-electron chi connectivity index (χ0n) is 15.1. The Morgan fingerprint density at radius 1 is 1.27 bits per heavy atom. The fourth-order valence-corrected chi connectivity index (χ4v) is 4.51. The highest BCUT2D eigenvalue weighted by molar-refractivity contribution is 7.13. The lowest BCUT2D eigenvalue weighted by Gasteiger charge is -2.19. The quantitative estimate of drug-likeness (QED) is 0.712. The third kappa shape index (κ3) is 2.92. The van der Waals surface area contributed by atoms with Gasteiger partial charge in [-0.15, -0.1) is 11.3 Å². The largest absolute Gasteiger partial charge is 0.336 e. The SMILES string of the molecule is Cc1nc(C)c(C(=O)N2CCC(n3c(C)cnc3-c3cccnc3)C2)s1. The molecular weight excluding hydrogens is 346 g/mol. The van der Waals surface area contributed by atoms with Gasteiger partial charge in [-0.25, -0.2) is 9.97 Å². The van der Waals surface area contributed by atoms with Gasteiger partial charge in [-0.05, 0) is 39.3 Å². The van der Waals surface area contributed by atoms with E-state index < -0.39 is 0 Å². The van der Waals surface area contributed by atoms with Gasteiger partial charge in [0, 0.05) is 42.9 Å². The van der Waals surface area contributed by atoms with Crippen molar-refractivity contribution in [2.24, 2.45) is 0 Å². The fraction of sp³-hybridized carbons (Fsp3) is 0.368. The Kier molecular flexibility index (Phi) is 4.32. The van der Waals surface area contributed by atoms with Gasteiger partial charge in [0.05, 0.1) is 16.7 Å². The van der Waals surface area contributed by atoms with Crippen LogP contribution in [0.25, 0.3) is 11.4 Å². The van der Waals surface area contributed by atoms with Gasteiger partial charge in [0.15, 0.2) is 0 Å².